The molecule has 1 aliphatic rings. The molecule has 3 rings (SSSR count). The van der Waals surface area contributed by atoms with Crippen LogP contribution in [0.4, 0.5) is 18.6 Å². The van der Waals surface area contributed by atoms with Gasteiger partial charge in [-0.3, -0.25) is 0 Å². The van der Waals surface area contributed by atoms with Crippen LogP contribution in [-0.2, 0) is 9.47 Å². The number of halogens is 2. The highest BCUT2D eigenvalue weighted by Crippen LogP contribution is 2.42. The first-order chi connectivity index (χ1) is 12.1. The highest BCUT2D eigenvalue weighted by Gasteiger charge is 2.20. The van der Waals surface area contributed by atoms with Crippen molar-refractivity contribution in [2.45, 2.75) is 18.9 Å². The quantitative estimate of drug-likeness (QED) is 0.808. The van der Waals surface area contributed by atoms with Gasteiger partial charge in [-0.1, -0.05) is 6.07 Å². The van der Waals surface area contributed by atoms with E-state index in [0.29, 0.717) is 34.4 Å². The number of benzene rings is 1. The summed E-state index contributed by atoms with van der Waals surface area (Å²) in [7, 11) is 1.22. The Balaban J connectivity index is 1.89. The number of rotatable bonds is 4. The Morgan fingerprint density at radius 3 is 2.68 bits per heavy atom. The molecular formula is C17H17F2NO4S. The lowest BCUT2D eigenvalue weighted by Crippen LogP contribution is -2.27. The lowest BCUT2D eigenvalue weighted by atomic mass is 10.1. The monoisotopic (exact) mass is 369 g/mol. The van der Waals surface area contributed by atoms with Crippen molar-refractivity contribution in [3.63, 3.8) is 0 Å². The van der Waals surface area contributed by atoms with Crippen molar-refractivity contribution in [3.05, 3.63) is 35.9 Å². The molecule has 25 heavy (non-hydrogen) atoms. The summed E-state index contributed by atoms with van der Waals surface area (Å²) in [6, 6.07) is 5.45. The van der Waals surface area contributed by atoms with Gasteiger partial charge in [-0.2, -0.15) is 0 Å². The van der Waals surface area contributed by atoms with Crippen LogP contribution in [0.5, 0.6) is 5.75 Å². The van der Waals surface area contributed by atoms with E-state index in [2.05, 4.69) is 10.1 Å². The van der Waals surface area contributed by atoms with E-state index in [1.165, 1.54) is 24.5 Å². The van der Waals surface area contributed by atoms with E-state index in [0.717, 1.165) is 25.0 Å². The molecule has 0 aliphatic carbocycles. The Kier molecular flexibility index (Phi) is 5.50. The maximum atomic E-state index is 13.5. The molecule has 1 aliphatic heterocycles. The van der Waals surface area contributed by atoms with Crippen LogP contribution in [0.25, 0.3) is 10.4 Å². The van der Waals surface area contributed by atoms with Crippen LogP contribution < -0.4 is 10.1 Å². The fourth-order valence-electron chi connectivity index (χ4n) is 2.50. The smallest absolute Gasteiger partial charge is 0.437 e. The van der Waals surface area contributed by atoms with Gasteiger partial charge in [0, 0.05) is 30.2 Å². The average Bonchev–Trinajstić information content (AvgIpc) is 3.00. The Morgan fingerprint density at radius 1 is 1.24 bits per heavy atom. The summed E-state index contributed by atoms with van der Waals surface area (Å²) >= 11 is 1.30. The van der Waals surface area contributed by atoms with Crippen LogP contribution in [-0.4, -0.2) is 32.5 Å². The Hall–Kier alpha value is -2.19. The predicted molar refractivity (Wildman–Crippen MR) is 90.2 cm³/mol. The molecule has 1 N–H and O–H groups in total. The van der Waals surface area contributed by atoms with Crippen molar-refractivity contribution >= 4 is 22.5 Å². The van der Waals surface area contributed by atoms with Gasteiger partial charge in [0.05, 0.1) is 7.11 Å². The number of anilines is 1. The summed E-state index contributed by atoms with van der Waals surface area (Å²) in [5.74, 6) is -1.55. The minimum atomic E-state index is -0.930. The summed E-state index contributed by atoms with van der Waals surface area (Å²) in [5, 5.41) is 3.97. The first-order valence-electron chi connectivity index (χ1n) is 7.76. The van der Waals surface area contributed by atoms with Crippen molar-refractivity contribution in [3.8, 4) is 16.2 Å². The molecule has 8 heteroatoms. The van der Waals surface area contributed by atoms with Gasteiger partial charge in [-0.15, -0.1) is 11.3 Å². The van der Waals surface area contributed by atoms with Crippen LogP contribution in [0.2, 0.25) is 0 Å². The molecule has 2 aromatic rings. The number of methoxy groups -OCH3 is 1. The van der Waals surface area contributed by atoms with Gasteiger partial charge in [0.15, 0.2) is 17.4 Å². The maximum absolute atomic E-state index is 13.5. The highest BCUT2D eigenvalue weighted by molar-refractivity contribution is 7.19. The number of hydrogen-bond donors (Lipinski definition) is 1. The summed E-state index contributed by atoms with van der Waals surface area (Å²) in [6.07, 6.45) is 0.816. The highest BCUT2D eigenvalue weighted by atomic mass is 32.1. The van der Waals surface area contributed by atoms with E-state index in [-0.39, 0.29) is 6.04 Å². The van der Waals surface area contributed by atoms with E-state index in [9.17, 15) is 13.6 Å². The molecule has 0 spiro atoms. The summed E-state index contributed by atoms with van der Waals surface area (Å²) in [5.41, 5.74) is 0.499. The summed E-state index contributed by atoms with van der Waals surface area (Å²) in [4.78, 5) is 12.1. The number of carbonyl (C=O) groups excluding carboxylic acids is 1. The second kappa shape index (κ2) is 7.79. The summed E-state index contributed by atoms with van der Waals surface area (Å²) < 4.78 is 41.7. The molecule has 0 saturated carbocycles. The Morgan fingerprint density at radius 2 is 2.00 bits per heavy atom. The lowest BCUT2D eigenvalue weighted by molar-refractivity contribution is 0.0903. The molecule has 1 aromatic heterocycles. The molecule has 5 nitrogen and oxygen atoms in total. The number of ether oxygens (including phenoxy) is 3. The molecule has 0 bridgehead atoms. The van der Waals surface area contributed by atoms with Gasteiger partial charge in [0.1, 0.15) is 5.00 Å². The second-order valence-corrected chi connectivity index (χ2v) is 6.57. The number of nitrogens with one attached hydrogen (secondary N) is 1. The molecule has 0 amide bonds. The average molecular weight is 369 g/mol. The number of thiophene rings is 1. The molecule has 0 atom stereocenters. The molecule has 2 heterocycles. The molecule has 134 valence electrons. The van der Waals surface area contributed by atoms with Crippen molar-refractivity contribution in [1.82, 2.24) is 0 Å². The van der Waals surface area contributed by atoms with Crippen LogP contribution >= 0.6 is 11.3 Å². The summed E-state index contributed by atoms with van der Waals surface area (Å²) in [6.45, 7) is 1.32. The standard InChI is InChI=1S/C17H17F2NO4S/c1-22-17(21)24-14-9-15(10-2-3-12(18)13(19)8-10)25-16(14)20-11-4-6-23-7-5-11/h2-3,8-9,11,20H,4-7H2,1H3. The molecule has 1 saturated heterocycles. The van der Waals surface area contributed by atoms with Gasteiger partial charge in [-0.05, 0) is 30.5 Å². The van der Waals surface area contributed by atoms with Crippen LogP contribution in [0.3, 0.4) is 0 Å². The third-order valence-corrected chi connectivity index (χ3v) is 4.92. The van der Waals surface area contributed by atoms with Crippen molar-refractivity contribution in [1.29, 1.82) is 0 Å². The van der Waals surface area contributed by atoms with Crippen molar-refractivity contribution < 1.29 is 27.8 Å². The van der Waals surface area contributed by atoms with Gasteiger partial charge in [0.25, 0.3) is 0 Å². The zero-order valence-electron chi connectivity index (χ0n) is 13.5. The van der Waals surface area contributed by atoms with Gasteiger partial charge < -0.3 is 19.5 Å². The third-order valence-electron chi connectivity index (χ3n) is 3.82. The van der Waals surface area contributed by atoms with E-state index in [1.807, 2.05) is 0 Å². The van der Waals surface area contributed by atoms with E-state index < -0.39 is 17.8 Å². The minimum absolute atomic E-state index is 0.185. The third kappa shape index (κ3) is 4.26. The first-order valence-corrected chi connectivity index (χ1v) is 8.58. The van der Waals surface area contributed by atoms with E-state index in [1.54, 1.807) is 6.07 Å². The zero-order chi connectivity index (χ0) is 17.8. The maximum Gasteiger partial charge on any atom is 0.513 e. The molecule has 1 fully saturated rings. The molecule has 0 unspecified atom stereocenters. The fraction of sp³-hybridized carbons (Fsp3) is 0.353. The zero-order valence-corrected chi connectivity index (χ0v) is 14.3. The number of hydrogen-bond acceptors (Lipinski definition) is 6. The number of carbonyl (C=O) groups is 1. The predicted octanol–water partition coefficient (Wildman–Crippen LogP) is 4.43. The van der Waals surface area contributed by atoms with Crippen molar-refractivity contribution in [2.75, 3.05) is 25.6 Å². The van der Waals surface area contributed by atoms with Crippen LogP contribution in [0.1, 0.15) is 12.8 Å². The Labute approximate surface area is 147 Å². The van der Waals surface area contributed by atoms with E-state index >= 15 is 0 Å². The Bertz CT molecular complexity index is 759. The second-order valence-electron chi connectivity index (χ2n) is 5.52. The molecule has 0 radical (unpaired) electrons. The van der Waals surface area contributed by atoms with Crippen LogP contribution in [0, 0.1) is 11.6 Å². The fourth-order valence-corrected chi connectivity index (χ4v) is 3.56. The SMILES string of the molecule is COC(=O)Oc1cc(-c2ccc(F)c(F)c2)sc1NC1CCOCC1. The largest absolute Gasteiger partial charge is 0.513 e. The van der Waals surface area contributed by atoms with Gasteiger partial charge >= 0.3 is 6.16 Å². The van der Waals surface area contributed by atoms with Gasteiger partial charge in [-0.25, -0.2) is 13.6 Å². The van der Waals surface area contributed by atoms with E-state index in [4.69, 9.17) is 9.47 Å². The first kappa shape index (κ1) is 17.6. The van der Waals surface area contributed by atoms with Gasteiger partial charge in [0.2, 0.25) is 0 Å². The normalized spacial score (nSPS) is 15.0. The lowest BCUT2D eigenvalue weighted by Gasteiger charge is -2.23. The van der Waals surface area contributed by atoms with Crippen molar-refractivity contribution in [2.24, 2.45) is 0 Å². The topological polar surface area (TPSA) is 56.8 Å². The minimum Gasteiger partial charge on any atom is -0.437 e. The van der Waals surface area contributed by atoms with Crippen LogP contribution in [0.15, 0.2) is 24.3 Å². The molecule has 1 aromatic carbocycles. The molecular weight excluding hydrogens is 352 g/mol.